The van der Waals surface area contributed by atoms with E-state index in [1.807, 2.05) is 24.3 Å². The van der Waals surface area contributed by atoms with Crippen LogP contribution in [0.4, 0.5) is 0 Å². The van der Waals surface area contributed by atoms with E-state index >= 15 is 0 Å². The maximum atomic E-state index is 10.8. The quantitative estimate of drug-likeness (QED) is 0.935. The summed E-state index contributed by atoms with van der Waals surface area (Å²) in [6.07, 6.45) is 11.6. The highest BCUT2D eigenvalue weighted by molar-refractivity contribution is 5.88. The lowest BCUT2D eigenvalue weighted by Crippen LogP contribution is -1.95. The van der Waals surface area contributed by atoms with Gasteiger partial charge in [0, 0.05) is 12.0 Å². The van der Waals surface area contributed by atoms with E-state index in [2.05, 4.69) is 16.2 Å². The van der Waals surface area contributed by atoms with E-state index in [0.717, 1.165) is 12.0 Å². The Labute approximate surface area is 127 Å². The monoisotopic (exact) mass is 294 g/mol. The van der Waals surface area contributed by atoms with Crippen molar-refractivity contribution in [3.63, 3.8) is 0 Å². The molecule has 110 valence electrons. The van der Waals surface area contributed by atoms with Gasteiger partial charge in [-0.1, -0.05) is 53.2 Å². The molecule has 0 fully saturated rings. The molecule has 0 atom stereocenters. The lowest BCUT2D eigenvalue weighted by Gasteiger charge is -1.98. The van der Waals surface area contributed by atoms with Crippen LogP contribution < -0.4 is 0 Å². The minimum absolute atomic E-state index is 0.231. The Kier molecular flexibility index (Phi) is 3.96. The number of carboxylic acids is 1. The third-order valence-electron chi connectivity index (χ3n) is 3.31. The largest absolute Gasteiger partial charge is 0.478 e. The van der Waals surface area contributed by atoms with E-state index in [4.69, 9.17) is 9.63 Å². The van der Waals surface area contributed by atoms with Crippen molar-refractivity contribution in [2.75, 3.05) is 0 Å². The summed E-state index contributed by atoms with van der Waals surface area (Å²) in [5.41, 5.74) is 2.16. The van der Waals surface area contributed by atoms with Gasteiger partial charge in [-0.2, -0.15) is 4.98 Å². The predicted octanol–water partition coefficient (Wildman–Crippen LogP) is 3.42. The molecule has 5 heteroatoms. The fourth-order valence-electron chi connectivity index (χ4n) is 2.15. The van der Waals surface area contributed by atoms with Gasteiger partial charge < -0.3 is 9.63 Å². The molecule has 0 saturated heterocycles. The van der Waals surface area contributed by atoms with E-state index < -0.39 is 5.97 Å². The molecule has 0 bridgehead atoms. The van der Waals surface area contributed by atoms with Gasteiger partial charge in [0.15, 0.2) is 0 Å². The molecule has 2 aromatic rings. The Morgan fingerprint density at radius 1 is 1.18 bits per heavy atom. The van der Waals surface area contributed by atoms with E-state index in [0.29, 0.717) is 18.1 Å². The van der Waals surface area contributed by atoms with Gasteiger partial charge in [0.05, 0.1) is 5.56 Å². The topological polar surface area (TPSA) is 76.2 Å². The van der Waals surface area contributed by atoms with Gasteiger partial charge in [-0.3, -0.25) is 0 Å². The normalized spacial score (nSPS) is 13.7. The molecule has 0 aliphatic heterocycles. The number of hydrogen-bond donors (Lipinski definition) is 1. The SMILES string of the molecule is O=C(O)c1ccc(-c2noc(CC3=CC=CC=CC3)n2)cc1. The third kappa shape index (κ3) is 3.20. The minimum atomic E-state index is -0.957. The number of rotatable bonds is 4. The summed E-state index contributed by atoms with van der Waals surface area (Å²) in [6, 6.07) is 6.40. The molecule has 1 N–H and O–H groups in total. The third-order valence-corrected chi connectivity index (χ3v) is 3.31. The van der Waals surface area contributed by atoms with Crippen molar-refractivity contribution < 1.29 is 14.4 Å². The van der Waals surface area contributed by atoms with Crippen molar-refractivity contribution in [1.29, 1.82) is 0 Å². The van der Waals surface area contributed by atoms with Crippen LogP contribution in [0.5, 0.6) is 0 Å². The zero-order chi connectivity index (χ0) is 15.4. The van der Waals surface area contributed by atoms with Crippen molar-refractivity contribution in [2.24, 2.45) is 0 Å². The second-order valence-corrected chi connectivity index (χ2v) is 4.91. The van der Waals surface area contributed by atoms with Crippen LogP contribution in [-0.2, 0) is 6.42 Å². The maximum Gasteiger partial charge on any atom is 0.335 e. The second kappa shape index (κ2) is 6.22. The Morgan fingerprint density at radius 3 is 2.77 bits per heavy atom. The Bertz CT molecular complexity index is 767. The first-order valence-corrected chi connectivity index (χ1v) is 6.90. The highest BCUT2D eigenvalue weighted by atomic mass is 16.5. The van der Waals surface area contributed by atoms with E-state index in [1.54, 1.807) is 12.1 Å². The number of aromatic carboxylic acids is 1. The highest BCUT2D eigenvalue weighted by Gasteiger charge is 2.11. The molecule has 0 unspecified atom stereocenters. The predicted molar refractivity (Wildman–Crippen MR) is 81.4 cm³/mol. The highest BCUT2D eigenvalue weighted by Crippen LogP contribution is 2.19. The van der Waals surface area contributed by atoms with Gasteiger partial charge in [0.25, 0.3) is 0 Å². The number of hydrogen-bond acceptors (Lipinski definition) is 4. The smallest absolute Gasteiger partial charge is 0.335 e. The van der Waals surface area contributed by atoms with Crippen LogP contribution >= 0.6 is 0 Å². The summed E-state index contributed by atoms with van der Waals surface area (Å²) < 4.78 is 5.27. The molecule has 0 radical (unpaired) electrons. The average molecular weight is 294 g/mol. The van der Waals surface area contributed by atoms with Crippen molar-refractivity contribution in [3.8, 4) is 11.4 Å². The molecule has 0 amide bonds. The summed E-state index contributed by atoms with van der Waals surface area (Å²) in [4.78, 5) is 15.2. The molecule has 1 aliphatic rings. The lowest BCUT2D eigenvalue weighted by atomic mass is 10.1. The number of allylic oxidation sites excluding steroid dienone is 6. The Balaban J connectivity index is 1.76. The van der Waals surface area contributed by atoms with Gasteiger partial charge in [-0.25, -0.2) is 4.79 Å². The molecule has 1 heterocycles. The number of aromatic nitrogens is 2. The first kappa shape index (κ1) is 14.0. The van der Waals surface area contributed by atoms with Gasteiger partial charge in [-0.15, -0.1) is 0 Å². The minimum Gasteiger partial charge on any atom is -0.478 e. The van der Waals surface area contributed by atoms with Crippen LogP contribution in [0.1, 0.15) is 22.7 Å². The van der Waals surface area contributed by atoms with Gasteiger partial charge in [0.1, 0.15) is 0 Å². The van der Waals surface area contributed by atoms with Crippen LogP contribution in [0.2, 0.25) is 0 Å². The average Bonchev–Trinajstić information content (AvgIpc) is 2.83. The van der Waals surface area contributed by atoms with E-state index in [1.165, 1.54) is 17.7 Å². The first-order valence-electron chi connectivity index (χ1n) is 6.90. The van der Waals surface area contributed by atoms with Crippen LogP contribution in [0, 0.1) is 0 Å². The first-order chi connectivity index (χ1) is 10.7. The molecule has 3 rings (SSSR count). The standard InChI is InChI=1S/C17H14N2O3/c20-17(21)14-9-7-13(8-10-14)16-18-15(22-19-16)11-12-5-3-1-2-4-6-12/h1-5,7-10H,6,11H2,(H,20,21). The molecule has 1 aromatic heterocycles. The summed E-state index contributed by atoms with van der Waals surface area (Å²) in [6.45, 7) is 0. The van der Waals surface area contributed by atoms with Gasteiger partial charge in [-0.05, 0) is 18.6 Å². The van der Waals surface area contributed by atoms with Crippen molar-refractivity contribution >= 4 is 5.97 Å². The molecule has 1 aliphatic carbocycles. The maximum absolute atomic E-state index is 10.8. The summed E-state index contributed by atoms with van der Waals surface area (Å²) in [5.74, 6) is 0.0567. The fraction of sp³-hybridized carbons (Fsp3) is 0.118. The summed E-state index contributed by atoms with van der Waals surface area (Å²) in [7, 11) is 0. The molecule has 5 nitrogen and oxygen atoms in total. The molecule has 0 saturated carbocycles. The van der Waals surface area contributed by atoms with E-state index in [9.17, 15) is 4.79 Å². The summed E-state index contributed by atoms with van der Waals surface area (Å²) >= 11 is 0. The van der Waals surface area contributed by atoms with Crippen molar-refractivity contribution in [2.45, 2.75) is 12.8 Å². The van der Waals surface area contributed by atoms with Crippen LogP contribution in [-0.4, -0.2) is 21.2 Å². The van der Waals surface area contributed by atoms with Crippen molar-refractivity contribution in [3.05, 3.63) is 71.7 Å². The molecule has 1 aromatic carbocycles. The van der Waals surface area contributed by atoms with Gasteiger partial charge in [0.2, 0.25) is 11.7 Å². The molecule has 0 spiro atoms. The van der Waals surface area contributed by atoms with Gasteiger partial charge >= 0.3 is 5.97 Å². The summed E-state index contributed by atoms with van der Waals surface area (Å²) in [5, 5.41) is 12.8. The molecule has 22 heavy (non-hydrogen) atoms. The number of benzene rings is 1. The fourth-order valence-corrected chi connectivity index (χ4v) is 2.15. The zero-order valence-corrected chi connectivity index (χ0v) is 11.8. The number of nitrogens with zero attached hydrogens (tertiary/aromatic N) is 2. The molecular weight excluding hydrogens is 280 g/mol. The number of carbonyl (C=O) groups is 1. The van der Waals surface area contributed by atoms with Crippen LogP contribution in [0.25, 0.3) is 11.4 Å². The Hall–Kier alpha value is -2.95. The van der Waals surface area contributed by atoms with Crippen LogP contribution in [0.15, 0.2) is 64.7 Å². The zero-order valence-electron chi connectivity index (χ0n) is 11.8. The van der Waals surface area contributed by atoms with E-state index in [-0.39, 0.29) is 5.56 Å². The van der Waals surface area contributed by atoms with Crippen LogP contribution in [0.3, 0.4) is 0 Å². The Morgan fingerprint density at radius 2 is 2.00 bits per heavy atom. The molecular formula is C17H14N2O3. The van der Waals surface area contributed by atoms with Crippen molar-refractivity contribution in [1.82, 2.24) is 10.1 Å². The second-order valence-electron chi connectivity index (χ2n) is 4.91. The lowest BCUT2D eigenvalue weighted by molar-refractivity contribution is 0.0697. The number of carboxylic acid groups (broad SMARTS) is 1.